The maximum atomic E-state index is 3.94. The lowest BCUT2D eigenvalue weighted by molar-refractivity contribution is 0.766. The molecule has 0 saturated carbocycles. The van der Waals surface area contributed by atoms with Gasteiger partial charge in [-0.3, -0.25) is 0 Å². The summed E-state index contributed by atoms with van der Waals surface area (Å²) in [5.74, 6) is 0.883. The molecule has 0 N–H and O–H groups in total. The fourth-order valence-electron chi connectivity index (χ4n) is 1.31. The zero-order chi connectivity index (χ0) is 9.97. The maximum absolute atomic E-state index is 3.94. The summed E-state index contributed by atoms with van der Waals surface area (Å²) in [6, 6.07) is 8.14. The molecule has 72 valence electrons. The summed E-state index contributed by atoms with van der Waals surface area (Å²) in [6.45, 7) is 4.10. The third-order valence-corrected chi connectivity index (χ3v) is 2.13. The molecule has 14 heavy (non-hydrogen) atoms. The number of benzene rings is 1. The first-order valence-corrected chi connectivity index (χ1v) is 4.65. The lowest BCUT2D eigenvalue weighted by Crippen LogP contribution is -2.01. The van der Waals surface area contributed by atoms with E-state index in [1.807, 2.05) is 19.1 Å². The fourth-order valence-corrected chi connectivity index (χ4v) is 1.31. The fraction of sp³-hybridized carbons (Fsp3) is 0.300. The van der Waals surface area contributed by atoms with E-state index in [-0.39, 0.29) is 0 Å². The molecule has 2 rings (SSSR count). The summed E-state index contributed by atoms with van der Waals surface area (Å²) in [6.07, 6.45) is 0.834. The second kappa shape index (κ2) is 3.57. The van der Waals surface area contributed by atoms with Crippen molar-refractivity contribution >= 4 is 0 Å². The molecule has 0 atom stereocenters. The van der Waals surface area contributed by atoms with E-state index in [0.29, 0.717) is 0 Å². The van der Waals surface area contributed by atoms with Crippen LogP contribution in [0.3, 0.4) is 0 Å². The molecule has 0 bridgehead atoms. The van der Waals surface area contributed by atoms with Crippen molar-refractivity contribution in [3.8, 4) is 5.69 Å². The molecule has 0 unspecified atom stereocenters. The van der Waals surface area contributed by atoms with Gasteiger partial charge in [0.15, 0.2) is 5.82 Å². The summed E-state index contributed by atoms with van der Waals surface area (Å²) in [5, 5.41) is 11.5. The number of aryl methyl sites for hydroxylation is 2. The second-order valence-corrected chi connectivity index (χ2v) is 3.20. The predicted octanol–water partition coefficient (Wildman–Crippen LogP) is 1.53. The highest BCUT2D eigenvalue weighted by atomic mass is 15.5. The second-order valence-electron chi connectivity index (χ2n) is 3.20. The van der Waals surface area contributed by atoms with Crippen molar-refractivity contribution in [3.63, 3.8) is 0 Å². The molecule has 1 aromatic heterocycles. The minimum absolute atomic E-state index is 0.834. The minimum Gasteiger partial charge on any atom is -0.197 e. The van der Waals surface area contributed by atoms with E-state index >= 15 is 0 Å². The van der Waals surface area contributed by atoms with Gasteiger partial charge in [-0.2, -0.15) is 4.68 Å². The van der Waals surface area contributed by atoms with E-state index in [1.165, 1.54) is 5.56 Å². The molecule has 0 aliphatic rings. The number of tetrazole rings is 1. The standard InChI is InChI=1S/C10H12N4/c1-3-10-11-12-13-14(10)9-6-4-8(2)5-7-9/h4-7H,3H2,1-2H3. The van der Waals surface area contributed by atoms with Crippen molar-refractivity contribution in [2.45, 2.75) is 20.3 Å². The third-order valence-electron chi connectivity index (χ3n) is 2.13. The van der Waals surface area contributed by atoms with Crippen LogP contribution in [0, 0.1) is 6.92 Å². The molecule has 0 spiro atoms. The van der Waals surface area contributed by atoms with Crippen molar-refractivity contribution in [2.24, 2.45) is 0 Å². The number of hydrogen-bond donors (Lipinski definition) is 0. The smallest absolute Gasteiger partial charge is 0.156 e. The zero-order valence-electron chi connectivity index (χ0n) is 8.31. The van der Waals surface area contributed by atoms with Gasteiger partial charge in [-0.25, -0.2) is 0 Å². The van der Waals surface area contributed by atoms with Crippen molar-refractivity contribution in [2.75, 3.05) is 0 Å². The summed E-state index contributed by atoms with van der Waals surface area (Å²) in [7, 11) is 0. The Morgan fingerprint density at radius 3 is 2.57 bits per heavy atom. The van der Waals surface area contributed by atoms with Crippen LogP contribution in [-0.2, 0) is 6.42 Å². The summed E-state index contributed by atoms with van der Waals surface area (Å²) in [5.41, 5.74) is 2.25. The van der Waals surface area contributed by atoms with Crippen LogP contribution < -0.4 is 0 Å². The lowest BCUT2D eigenvalue weighted by atomic mass is 10.2. The maximum Gasteiger partial charge on any atom is 0.156 e. The van der Waals surface area contributed by atoms with E-state index in [4.69, 9.17) is 0 Å². The van der Waals surface area contributed by atoms with Gasteiger partial charge in [0.25, 0.3) is 0 Å². The van der Waals surface area contributed by atoms with Gasteiger partial charge in [-0.15, -0.1) is 5.10 Å². The number of nitrogens with zero attached hydrogens (tertiary/aromatic N) is 4. The van der Waals surface area contributed by atoms with Gasteiger partial charge < -0.3 is 0 Å². The van der Waals surface area contributed by atoms with Gasteiger partial charge in [0, 0.05) is 6.42 Å². The molecule has 0 fully saturated rings. The van der Waals surface area contributed by atoms with Crippen LogP contribution in [0.1, 0.15) is 18.3 Å². The number of rotatable bonds is 2. The van der Waals surface area contributed by atoms with Crippen LogP contribution in [-0.4, -0.2) is 20.2 Å². The Balaban J connectivity index is 2.44. The molecule has 0 saturated heterocycles. The average molecular weight is 188 g/mol. The van der Waals surface area contributed by atoms with Crippen LogP contribution in [0.2, 0.25) is 0 Å². The monoisotopic (exact) mass is 188 g/mol. The van der Waals surface area contributed by atoms with Gasteiger partial charge in [-0.05, 0) is 29.5 Å². The third kappa shape index (κ3) is 1.51. The average Bonchev–Trinajstić information content (AvgIpc) is 2.67. The Morgan fingerprint density at radius 1 is 1.21 bits per heavy atom. The largest absolute Gasteiger partial charge is 0.197 e. The summed E-state index contributed by atoms with van der Waals surface area (Å²) in [4.78, 5) is 0. The number of hydrogen-bond acceptors (Lipinski definition) is 3. The van der Waals surface area contributed by atoms with E-state index in [9.17, 15) is 0 Å². The van der Waals surface area contributed by atoms with E-state index in [0.717, 1.165) is 17.9 Å². The van der Waals surface area contributed by atoms with Gasteiger partial charge in [0.2, 0.25) is 0 Å². The Kier molecular flexibility index (Phi) is 2.26. The molecule has 4 nitrogen and oxygen atoms in total. The van der Waals surface area contributed by atoms with Crippen molar-refractivity contribution in [3.05, 3.63) is 35.7 Å². The quantitative estimate of drug-likeness (QED) is 0.717. The Bertz CT molecular complexity index is 416. The van der Waals surface area contributed by atoms with Crippen LogP contribution in [0.25, 0.3) is 5.69 Å². The molecule has 0 amide bonds. The summed E-state index contributed by atoms with van der Waals surface area (Å²) >= 11 is 0. The number of aromatic nitrogens is 4. The molecule has 4 heteroatoms. The predicted molar refractivity (Wildman–Crippen MR) is 53.3 cm³/mol. The van der Waals surface area contributed by atoms with Crippen molar-refractivity contribution < 1.29 is 0 Å². The van der Waals surface area contributed by atoms with E-state index < -0.39 is 0 Å². The SMILES string of the molecule is CCc1nnnn1-c1ccc(C)cc1. The topological polar surface area (TPSA) is 43.6 Å². The first-order chi connectivity index (χ1) is 6.81. The van der Waals surface area contributed by atoms with Crippen molar-refractivity contribution in [1.29, 1.82) is 0 Å². The molecular weight excluding hydrogens is 176 g/mol. The van der Waals surface area contributed by atoms with Gasteiger partial charge in [0.1, 0.15) is 0 Å². The Hall–Kier alpha value is -1.71. The van der Waals surface area contributed by atoms with Crippen LogP contribution in [0.15, 0.2) is 24.3 Å². The molecule has 1 heterocycles. The minimum atomic E-state index is 0.834. The molecule has 0 aliphatic carbocycles. The molecule has 0 radical (unpaired) electrons. The van der Waals surface area contributed by atoms with Gasteiger partial charge in [0.05, 0.1) is 5.69 Å². The van der Waals surface area contributed by atoms with Gasteiger partial charge in [-0.1, -0.05) is 24.6 Å². The zero-order valence-corrected chi connectivity index (χ0v) is 8.31. The van der Waals surface area contributed by atoms with Crippen LogP contribution >= 0.6 is 0 Å². The Labute approximate surface area is 82.6 Å². The van der Waals surface area contributed by atoms with Crippen LogP contribution in [0.4, 0.5) is 0 Å². The van der Waals surface area contributed by atoms with Gasteiger partial charge >= 0.3 is 0 Å². The highest BCUT2D eigenvalue weighted by Crippen LogP contribution is 2.09. The normalized spacial score (nSPS) is 10.4. The molecular formula is C10H12N4. The van der Waals surface area contributed by atoms with E-state index in [1.54, 1.807) is 4.68 Å². The van der Waals surface area contributed by atoms with Crippen molar-refractivity contribution in [1.82, 2.24) is 20.2 Å². The Morgan fingerprint density at radius 2 is 1.93 bits per heavy atom. The van der Waals surface area contributed by atoms with E-state index in [2.05, 4.69) is 34.6 Å². The van der Waals surface area contributed by atoms with Crippen LogP contribution in [0.5, 0.6) is 0 Å². The lowest BCUT2D eigenvalue weighted by Gasteiger charge is -2.02. The molecule has 0 aliphatic heterocycles. The first-order valence-electron chi connectivity index (χ1n) is 4.65. The summed E-state index contributed by atoms with van der Waals surface area (Å²) < 4.78 is 1.76. The highest BCUT2D eigenvalue weighted by Gasteiger charge is 2.04. The molecule has 1 aromatic carbocycles. The first kappa shape index (κ1) is 8.87. The highest BCUT2D eigenvalue weighted by molar-refractivity contribution is 5.33. The molecule has 2 aromatic rings.